The highest BCUT2D eigenvalue weighted by Gasteiger charge is 2.06. The molecule has 0 saturated carbocycles. The molecule has 2 aromatic heterocycles. The van der Waals surface area contributed by atoms with Gasteiger partial charge in [0.05, 0.1) is 17.7 Å². The molecule has 0 aliphatic rings. The molecule has 0 fully saturated rings. The van der Waals surface area contributed by atoms with Crippen LogP contribution in [0, 0.1) is 0 Å². The van der Waals surface area contributed by atoms with Crippen LogP contribution in [0.5, 0.6) is 0 Å². The molecule has 8 heteroatoms. The second kappa shape index (κ2) is 5.92. The highest BCUT2D eigenvalue weighted by molar-refractivity contribution is 7.98. The van der Waals surface area contributed by atoms with Gasteiger partial charge < -0.3 is 5.32 Å². The van der Waals surface area contributed by atoms with Crippen molar-refractivity contribution in [2.45, 2.75) is 17.5 Å². The summed E-state index contributed by atoms with van der Waals surface area (Å²) in [6.45, 7) is 1.64. The Balaban J connectivity index is 1.91. The second-order valence-electron chi connectivity index (χ2n) is 3.06. The van der Waals surface area contributed by atoms with E-state index >= 15 is 0 Å². The molecule has 0 spiro atoms. The minimum absolute atomic E-state index is 0.781. The first-order chi connectivity index (χ1) is 7.90. The average Bonchev–Trinajstić information content (AvgIpc) is 2.94. The molecule has 0 bridgehead atoms. The number of hydrogen-bond donors (Lipinski definition) is 1. The van der Waals surface area contributed by atoms with E-state index in [2.05, 4.69) is 25.8 Å². The van der Waals surface area contributed by atoms with Gasteiger partial charge in [-0.1, -0.05) is 11.8 Å². The molecular weight excluding hydrogens is 244 g/mol. The molecular formula is C8H12N6S2. The smallest absolute Gasteiger partial charge is 0.209 e. The lowest BCUT2D eigenvalue weighted by Crippen LogP contribution is -2.16. The Labute approximate surface area is 101 Å². The van der Waals surface area contributed by atoms with Crippen LogP contribution in [0.1, 0.15) is 5.69 Å². The van der Waals surface area contributed by atoms with Crippen LogP contribution >= 0.6 is 23.1 Å². The van der Waals surface area contributed by atoms with Gasteiger partial charge in [-0.3, -0.25) is 0 Å². The van der Waals surface area contributed by atoms with Crippen molar-refractivity contribution in [2.24, 2.45) is 0 Å². The van der Waals surface area contributed by atoms with Crippen LogP contribution in [0.25, 0.3) is 0 Å². The van der Waals surface area contributed by atoms with E-state index in [1.165, 1.54) is 0 Å². The van der Waals surface area contributed by atoms with Gasteiger partial charge in [0.25, 0.3) is 0 Å². The van der Waals surface area contributed by atoms with Crippen molar-refractivity contribution >= 4 is 23.1 Å². The molecule has 0 amide bonds. The van der Waals surface area contributed by atoms with Crippen molar-refractivity contribution in [3.8, 4) is 0 Å². The SMILES string of the molecule is CNCCn1nnnc1SCc1cscn1. The van der Waals surface area contributed by atoms with Crippen molar-refractivity contribution < 1.29 is 0 Å². The first-order valence-corrected chi connectivity index (χ1v) is 6.73. The van der Waals surface area contributed by atoms with Crippen molar-refractivity contribution in [2.75, 3.05) is 13.6 Å². The summed E-state index contributed by atoms with van der Waals surface area (Å²) in [6.07, 6.45) is 0. The monoisotopic (exact) mass is 256 g/mol. The number of nitrogens with zero attached hydrogens (tertiary/aromatic N) is 5. The number of thioether (sulfide) groups is 1. The molecule has 1 N–H and O–H groups in total. The Morgan fingerprint density at radius 2 is 2.50 bits per heavy atom. The van der Waals surface area contributed by atoms with Crippen molar-refractivity contribution in [1.82, 2.24) is 30.5 Å². The molecule has 86 valence electrons. The molecule has 0 aliphatic heterocycles. The van der Waals surface area contributed by atoms with Crippen LogP contribution in [0.2, 0.25) is 0 Å². The van der Waals surface area contributed by atoms with Gasteiger partial charge in [0.15, 0.2) is 0 Å². The molecule has 2 heterocycles. The van der Waals surface area contributed by atoms with Crippen LogP contribution < -0.4 is 5.32 Å². The predicted molar refractivity (Wildman–Crippen MR) is 63.4 cm³/mol. The standard InChI is InChI=1S/C8H12N6S2/c1-9-2-3-14-8(11-12-13-14)16-5-7-4-15-6-10-7/h4,6,9H,2-3,5H2,1H3. The minimum Gasteiger partial charge on any atom is -0.318 e. The molecule has 0 unspecified atom stereocenters. The number of hydrogen-bond acceptors (Lipinski definition) is 7. The van der Waals surface area contributed by atoms with Crippen molar-refractivity contribution in [3.63, 3.8) is 0 Å². The first kappa shape index (κ1) is 11.5. The molecule has 16 heavy (non-hydrogen) atoms. The Morgan fingerprint density at radius 3 is 3.25 bits per heavy atom. The summed E-state index contributed by atoms with van der Waals surface area (Å²) in [6, 6.07) is 0. The van der Waals surface area contributed by atoms with Gasteiger partial charge in [-0.05, 0) is 17.5 Å². The molecule has 2 rings (SSSR count). The zero-order valence-electron chi connectivity index (χ0n) is 8.83. The molecule has 0 saturated heterocycles. The zero-order chi connectivity index (χ0) is 11.2. The van der Waals surface area contributed by atoms with Crippen molar-refractivity contribution in [1.29, 1.82) is 0 Å². The third kappa shape index (κ3) is 3.00. The lowest BCUT2D eigenvalue weighted by atomic mass is 10.6. The minimum atomic E-state index is 0.781. The molecule has 0 aromatic carbocycles. The van der Waals surface area contributed by atoms with Crippen LogP contribution in [-0.4, -0.2) is 38.8 Å². The van der Waals surface area contributed by atoms with E-state index < -0.39 is 0 Å². The first-order valence-electron chi connectivity index (χ1n) is 4.81. The summed E-state index contributed by atoms with van der Waals surface area (Å²) in [4.78, 5) is 4.21. The number of nitrogens with one attached hydrogen (secondary N) is 1. The van der Waals surface area contributed by atoms with E-state index in [0.717, 1.165) is 29.7 Å². The number of likely N-dealkylation sites (N-methyl/N-ethyl adjacent to an activating group) is 1. The Kier molecular flexibility index (Phi) is 4.25. The van der Waals surface area contributed by atoms with Crippen LogP contribution in [0.15, 0.2) is 16.0 Å². The molecule has 0 atom stereocenters. The van der Waals surface area contributed by atoms with Gasteiger partial charge in [0.2, 0.25) is 5.16 Å². The fraction of sp³-hybridized carbons (Fsp3) is 0.500. The average molecular weight is 256 g/mol. The normalized spacial score (nSPS) is 10.8. The van der Waals surface area contributed by atoms with E-state index in [1.54, 1.807) is 27.8 Å². The topological polar surface area (TPSA) is 68.5 Å². The fourth-order valence-corrected chi connectivity index (χ4v) is 2.57. The van der Waals surface area contributed by atoms with Gasteiger partial charge in [-0.25, -0.2) is 9.67 Å². The largest absolute Gasteiger partial charge is 0.318 e. The van der Waals surface area contributed by atoms with E-state index in [0.29, 0.717) is 0 Å². The van der Waals surface area contributed by atoms with Gasteiger partial charge in [0.1, 0.15) is 0 Å². The summed E-state index contributed by atoms with van der Waals surface area (Å²) >= 11 is 3.21. The number of rotatable bonds is 6. The summed E-state index contributed by atoms with van der Waals surface area (Å²) in [5.41, 5.74) is 2.90. The fourth-order valence-electron chi connectivity index (χ4n) is 1.11. The van der Waals surface area contributed by atoms with E-state index in [-0.39, 0.29) is 0 Å². The van der Waals surface area contributed by atoms with E-state index in [1.807, 2.05) is 17.9 Å². The van der Waals surface area contributed by atoms with E-state index in [9.17, 15) is 0 Å². The predicted octanol–water partition coefficient (Wildman–Crippen LogP) is 0.641. The maximum atomic E-state index is 4.21. The maximum absolute atomic E-state index is 4.21. The lowest BCUT2D eigenvalue weighted by Gasteiger charge is -2.02. The van der Waals surface area contributed by atoms with Gasteiger partial charge >= 0.3 is 0 Å². The lowest BCUT2D eigenvalue weighted by molar-refractivity contribution is 0.530. The third-order valence-electron chi connectivity index (χ3n) is 1.91. The summed E-state index contributed by atoms with van der Waals surface area (Å²) in [7, 11) is 1.91. The van der Waals surface area contributed by atoms with Crippen LogP contribution in [0.4, 0.5) is 0 Å². The second-order valence-corrected chi connectivity index (χ2v) is 4.72. The molecule has 0 aliphatic carbocycles. The van der Waals surface area contributed by atoms with Crippen LogP contribution in [0.3, 0.4) is 0 Å². The molecule has 2 aromatic rings. The maximum Gasteiger partial charge on any atom is 0.209 e. The number of thiazole rings is 1. The highest BCUT2D eigenvalue weighted by Crippen LogP contribution is 2.19. The zero-order valence-corrected chi connectivity index (χ0v) is 10.5. The summed E-state index contributed by atoms with van der Waals surface area (Å²) in [5.74, 6) is 0.809. The highest BCUT2D eigenvalue weighted by atomic mass is 32.2. The van der Waals surface area contributed by atoms with Crippen molar-refractivity contribution in [3.05, 3.63) is 16.6 Å². The Morgan fingerprint density at radius 1 is 1.56 bits per heavy atom. The molecule has 0 radical (unpaired) electrons. The van der Waals surface area contributed by atoms with E-state index in [4.69, 9.17) is 0 Å². The van der Waals surface area contributed by atoms with Crippen LogP contribution in [-0.2, 0) is 12.3 Å². The number of tetrazole rings is 1. The third-order valence-corrected chi connectivity index (χ3v) is 3.53. The summed E-state index contributed by atoms with van der Waals surface area (Å²) in [5, 5.41) is 17.5. The molecule has 6 nitrogen and oxygen atoms in total. The Hall–Kier alpha value is -0.990. The quantitative estimate of drug-likeness (QED) is 0.765. The summed E-state index contributed by atoms with van der Waals surface area (Å²) < 4.78 is 1.80. The van der Waals surface area contributed by atoms with Gasteiger partial charge in [-0.2, -0.15) is 0 Å². The van der Waals surface area contributed by atoms with Gasteiger partial charge in [0, 0.05) is 17.7 Å². The van der Waals surface area contributed by atoms with Gasteiger partial charge in [-0.15, -0.1) is 16.4 Å². The Bertz CT molecular complexity index is 412. The number of aromatic nitrogens is 5.